The number of rotatable bonds is 15. The van der Waals surface area contributed by atoms with Crippen LogP contribution in [0.15, 0.2) is 17.1 Å². The molecule has 1 aliphatic rings. The lowest BCUT2D eigenvalue weighted by Crippen LogP contribution is -2.51. The molecule has 2 N–H and O–H groups in total. The Kier molecular flexibility index (Phi) is 12.4. The Bertz CT molecular complexity index is 1060. The maximum atomic E-state index is 12.8. The topological polar surface area (TPSA) is 183 Å². The molecule has 1 aromatic heterocycles. The summed E-state index contributed by atoms with van der Waals surface area (Å²) in [7, 11) is 0. The van der Waals surface area contributed by atoms with Crippen molar-refractivity contribution in [2.24, 2.45) is 17.8 Å². The lowest BCUT2D eigenvalue weighted by molar-refractivity contribution is -0.218. The van der Waals surface area contributed by atoms with Gasteiger partial charge < -0.3 is 33.2 Å². The van der Waals surface area contributed by atoms with Gasteiger partial charge in [0.05, 0.1) is 24.4 Å². The second-order valence-electron chi connectivity index (χ2n) is 10.1. The minimum atomic E-state index is -1.46. The predicted molar refractivity (Wildman–Crippen MR) is 136 cm³/mol. The molecule has 0 aliphatic carbocycles. The Morgan fingerprint density at radius 3 is 2.08 bits per heavy atom. The Morgan fingerprint density at radius 1 is 1.00 bits per heavy atom. The number of aromatic nitrogens is 2. The molecule has 2 heterocycles. The molecule has 1 aromatic rings. The number of carbonyl (C=O) groups excluding carboxylic acids is 3. The van der Waals surface area contributed by atoms with Gasteiger partial charge in [-0.1, -0.05) is 41.5 Å². The Balaban J connectivity index is 2.37. The summed E-state index contributed by atoms with van der Waals surface area (Å²) in [4.78, 5) is 52.4. The van der Waals surface area contributed by atoms with Gasteiger partial charge in [0, 0.05) is 6.20 Å². The highest BCUT2D eigenvalue weighted by atomic mass is 16.7. The number of anilines is 1. The van der Waals surface area contributed by atoms with Crippen LogP contribution in [0.5, 0.6) is 0 Å². The minimum Gasteiger partial charge on any atom is -0.438 e. The van der Waals surface area contributed by atoms with Crippen LogP contribution in [0.25, 0.3) is 0 Å². The predicted octanol–water partition coefficient (Wildman–Crippen LogP) is 1.59. The molecular formula is C25H39N3O12. The van der Waals surface area contributed by atoms with Crippen molar-refractivity contribution in [2.45, 2.75) is 72.5 Å². The smallest absolute Gasteiger partial charge is 0.351 e. The third-order valence-electron chi connectivity index (χ3n) is 5.97. The Labute approximate surface area is 231 Å². The van der Waals surface area contributed by atoms with E-state index in [4.69, 9.17) is 38.4 Å². The average Bonchev–Trinajstić information content (AvgIpc) is 3.16. The zero-order chi connectivity index (χ0) is 30.0. The minimum absolute atomic E-state index is 0.103. The van der Waals surface area contributed by atoms with Crippen LogP contribution in [-0.2, 0) is 47.5 Å². The van der Waals surface area contributed by atoms with Crippen molar-refractivity contribution in [1.29, 1.82) is 0 Å². The molecular weight excluding hydrogens is 534 g/mol. The first-order chi connectivity index (χ1) is 18.8. The monoisotopic (exact) mass is 573 g/mol. The second-order valence-corrected chi connectivity index (χ2v) is 10.1. The van der Waals surface area contributed by atoms with Gasteiger partial charge in [-0.2, -0.15) is 4.98 Å². The molecule has 226 valence electrons. The first kappa shape index (κ1) is 33.1. The van der Waals surface area contributed by atoms with Crippen LogP contribution in [0.1, 0.15) is 54.7 Å². The molecule has 1 saturated heterocycles. The third-order valence-corrected chi connectivity index (χ3v) is 5.97. The fourth-order valence-electron chi connectivity index (χ4n) is 3.48. The van der Waals surface area contributed by atoms with Crippen molar-refractivity contribution < 1.29 is 52.7 Å². The molecule has 1 aliphatic heterocycles. The van der Waals surface area contributed by atoms with Crippen molar-refractivity contribution in [3.05, 3.63) is 22.7 Å². The number of hydrogen-bond donors (Lipinski definition) is 2. The van der Waals surface area contributed by atoms with E-state index in [2.05, 4.69) is 4.98 Å². The summed E-state index contributed by atoms with van der Waals surface area (Å²) in [6, 6.07) is 1.32. The first-order valence-electron chi connectivity index (χ1n) is 12.8. The van der Waals surface area contributed by atoms with E-state index in [0.29, 0.717) is 0 Å². The van der Waals surface area contributed by atoms with E-state index in [0.717, 1.165) is 4.57 Å². The number of esters is 3. The molecule has 0 aromatic carbocycles. The molecule has 4 atom stereocenters. The summed E-state index contributed by atoms with van der Waals surface area (Å²) < 4.78 is 40.1. The molecule has 0 amide bonds. The zero-order valence-electron chi connectivity index (χ0n) is 23.8. The summed E-state index contributed by atoms with van der Waals surface area (Å²) in [6.45, 7) is 9.99. The van der Waals surface area contributed by atoms with Crippen molar-refractivity contribution >= 4 is 23.7 Å². The standard InChI is InChI=1S/C25H39N3O12/c1-14(2)21(29)36-11-34-10-17-25(7,39-13-38-23(31)16(5)6)19(35-12-37-22(30)15(3)4)20(40-17)28-9-8-18(27-33)26-24(28)32/h8-9,14-17,19-20,33H,10-13H2,1-7H3,(H,26,27,32)/t17-,19?,20-,25-/m1/s1. The summed E-state index contributed by atoms with van der Waals surface area (Å²) in [5.41, 5.74) is -0.475. The molecule has 40 heavy (non-hydrogen) atoms. The van der Waals surface area contributed by atoms with Crippen LogP contribution in [0.2, 0.25) is 0 Å². The van der Waals surface area contributed by atoms with E-state index in [1.807, 2.05) is 0 Å². The van der Waals surface area contributed by atoms with E-state index in [9.17, 15) is 19.2 Å². The maximum absolute atomic E-state index is 12.8. The van der Waals surface area contributed by atoms with E-state index in [1.54, 1.807) is 53.9 Å². The molecule has 1 unspecified atom stereocenters. The lowest BCUT2D eigenvalue weighted by Gasteiger charge is -2.34. The van der Waals surface area contributed by atoms with Crippen LogP contribution < -0.4 is 11.2 Å². The third kappa shape index (κ3) is 8.69. The summed E-state index contributed by atoms with van der Waals surface area (Å²) >= 11 is 0. The SMILES string of the molecule is CC(C)C(=O)OCOC[C@H]1O[C@@H](n2ccc(NO)nc2=O)C(OCOC(=O)C(C)C)[C@]1(C)OCOC(=O)C(C)C. The largest absolute Gasteiger partial charge is 0.438 e. The maximum Gasteiger partial charge on any atom is 0.351 e. The fourth-order valence-corrected chi connectivity index (χ4v) is 3.48. The fraction of sp³-hybridized carbons (Fsp3) is 0.720. The van der Waals surface area contributed by atoms with Gasteiger partial charge in [0.25, 0.3) is 0 Å². The number of nitrogens with zero attached hydrogens (tertiary/aromatic N) is 2. The Morgan fingerprint density at radius 2 is 1.55 bits per heavy atom. The summed E-state index contributed by atoms with van der Waals surface area (Å²) in [5, 5.41) is 9.10. The van der Waals surface area contributed by atoms with Crippen LogP contribution >= 0.6 is 0 Å². The highest BCUT2D eigenvalue weighted by Gasteiger charge is 2.57. The molecule has 1 fully saturated rings. The highest BCUT2D eigenvalue weighted by molar-refractivity contribution is 5.72. The molecule has 0 bridgehead atoms. The van der Waals surface area contributed by atoms with E-state index < -0.39 is 73.1 Å². The zero-order valence-corrected chi connectivity index (χ0v) is 23.8. The highest BCUT2D eigenvalue weighted by Crippen LogP contribution is 2.41. The summed E-state index contributed by atoms with van der Waals surface area (Å²) in [5.74, 6) is -2.79. The van der Waals surface area contributed by atoms with Gasteiger partial charge in [0.2, 0.25) is 0 Å². The van der Waals surface area contributed by atoms with E-state index >= 15 is 0 Å². The molecule has 0 radical (unpaired) electrons. The average molecular weight is 574 g/mol. The molecule has 0 spiro atoms. The van der Waals surface area contributed by atoms with E-state index in [1.165, 1.54) is 12.3 Å². The van der Waals surface area contributed by atoms with Gasteiger partial charge in [-0.05, 0) is 13.0 Å². The summed E-state index contributed by atoms with van der Waals surface area (Å²) in [6.07, 6.45) is -1.99. The number of carbonyl (C=O) groups is 3. The van der Waals surface area contributed by atoms with Crippen LogP contribution in [0.4, 0.5) is 5.82 Å². The van der Waals surface area contributed by atoms with E-state index in [-0.39, 0.29) is 25.1 Å². The molecule has 2 rings (SSSR count). The van der Waals surface area contributed by atoms with Crippen LogP contribution in [-0.4, -0.2) is 77.5 Å². The van der Waals surface area contributed by atoms with Crippen molar-refractivity contribution in [2.75, 3.05) is 32.5 Å². The van der Waals surface area contributed by atoms with Crippen molar-refractivity contribution in [1.82, 2.24) is 9.55 Å². The van der Waals surface area contributed by atoms with Crippen LogP contribution in [0.3, 0.4) is 0 Å². The van der Waals surface area contributed by atoms with Gasteiger partial charge in [-0.3, -0.25) is 29.6 Å². The van der Waals surface area contributed by atoms with Gasteiger partial charge in [0.15, 0.2) is 32.4 Å². The second kappa shape index (κ2) is 15.0. The van der Waals surface area contributed by atoms with Crippen molar-refractivity contribution in [3.8, 4) is 0 Å². The number of nitrogens with one attached hydrogen (secondary N) is 1. The quantitative estimate of drug-likeness (QED) is 0.101. The van der Waals surface area contributed by atoms with Gasteiger partial charge in [0.1, 0.15) is 17.8 Å². The van der Waals surface area contributed by atoms with Gasteiger partial charge in [-0.25, -0.2) is 4.79 Å². The van der Waals surface area contributed by atoms with Crippen molar-refractivity contribution in [3.63, 3.8) is 0 Å². The normalized spacial score (nSPS) is 22.5. The molecule has 0 saturated carbocycles. The molecule has 15 heteroatoms. The Hall–Kier alpha value is -3.11. The van der Waals surface area contributed by atoms with Gasteiger partial charge in [-0.15, -0.1) is 0 Å². The first-order valence-corrected chi connectivity index (χ1v) is 12.8. The molecule has 15 nitrogen and oxygen atoms in total. The lowest BCUT2D eigenvalue weighted by atomic mass is 9.94. The number of hydrogen-bond acceptors (Lipinski definition) is 14. The van der Waals surface area contributed by atoms with Gasteiger partial charge >= 0.3 is 23.6 Å². The number of ether oxygens (including phenoxy) is 7. The van der Waals surface area contributed by atoms with Crippen LogP contribution in [0, 0.1) is 17.8 Å².